The van der Waals surface area contributed by atoms with Gasteiger partial charge in [-0.2, -0.15) is 8.78 Å². The summed E-state index contributed by atoms with van der Waals surface area (Å²) in [5, 5.41) is 0. The fraction of sp³-hybridized carbons (Fsp3) is 0.375. The molecular formula is C24H29F2NO5. The van der Waals surface area contributed by atoms with Gasteiger partial charge >= 0.3 is 6.61 Å². The molecule has 1 amide bonds. The highest BCUT2D eigenvalue weighted by Crippen LogP contribution is 2.31. The topological polar surface area (TPSA) is 57.2 Å². The molecule has 32 heavy (non-hydrogen) atoms. The standard InChI is InChI=1S/C24H29F2NO5/c1-5-29-19-11-8-17(14-21(19)30-6-2)10-13-23(28)27(4)16-18-9-12-20(32-24(25)26)22(15-18)31-7-3/h8-15,24H,5-7,16H2,1-4H3/b13-10+. The third-order valence-electron chi connectivity index (χ3n) is 4.31. The molecule has 0 atom stereocenters. The average molecular weight is 449 g/mol. The Morgan fingerprint density at radius 3 is 2.12 bits per heavy atom. The van der Waals surface area contributed by atoms with Gasteiger partial charge in [-0.05, 0) is 62.2 Å². The zero-order valence-corrected chi connectivity index (χ0v) is 18.8. The minimum atomic E-state index is -2.94. The van der Waals surface area contributed by atoms with Crippen molar-refractivity contribution in [2.45, 2.75) is 33.9 Å². The number of rotatable bonds is 12. The van der Waals surface area contributed by atoms with E-state index in [1.165, 1.54) is 17.0 Å². The van der Waals surface area contributed by atoms with Gasteiger partial charge in [-0.15, -0.1) is 0 Å². The maximum absolute atomic E-state index is 12.6. The largest absolute Gasteiger partial charge is 0.490 e. The van der Waals surface area contributed by atoms with Crippen molar-refractivity contribution in [3.05, 3.63) is 53.6 Å². The third kappa shape index (κ3) is 7.44. The number of alkyl halides is 2. The summed E-state index contributed by atoms with van der Waals surface area (Å²) in [7, 11) is 1.65. The first kappa shape index (κ1) is 25.0. The molecule has 0 heterocycles. The summed E-state index contributed by atoms with van der Waals surface area (Å²) in [6.07, 6.45) is 3.16. The van der Waals surface area contributed by atoms with Crippen molar-refractivity contribution in [3.63, 3.8) is 0 Å². The van der Waals surface area contributed by atoms with Gasteiger partial charge < -0.3 is 23.8 Å². The first-order valence-corrected chi connectivity index (χ1v) is 10.4. The molecule has 0 fully saturated rings. The second kappa shape index (κ2) is 12.5. The van der Waals surface area contributed by atoms with Crippen LogP contribution >= 0.6 is 0 Å². The van der Waals surface area contributed by atoms with E-state index in [1.54, 1.807) is 38.2 Å². The van der Waals surface area contributed by atoms with E-state index in [-0.39, 0.29) is 24.0 Å². The van der Waals surface area contributed by atoms with Gasteiger partial charge in [0.05, 0.1) is 19.8 Å². The molecule has 0 aromatic heterocycles. The number of carbonyl (C=O) groups excluding carboxylic acids is 1. The van der Waals surface area contributed by atoms with Crippen LogP contribution in [0.3, 0.4) is 0 Å². The number of hydrogen-bond donors (Lipinski definition) is 0. The molecule has 0 saturated heterocycles. The summed E-state index contributed by atoms with van der Waals surface area (Å²) in [4.78, 5) is 14.1. The highest BCUT2D eigenvalue weighted by atomic mass is 19.3. The van der Waals surface area contributed by atoms with Crippen LogP contribution in [0, 0.1) is 0 Å². The second-order valence-corrected chi connectivity index (χ2v) is 6.69. The van der Waals surface area contributed by atoms with E-state index in [0.29, 0.717) is 31.3 Å². The number of hydrogen-bond acceptors (Lipinski definition) is 5. The molecule has 0 saturated carbocycles. The van der Waals surface area contributed by atoms with Crippen molar-refractivity contribution >= 4 is 12.0 Å². The molecule has 0 radical (unpaired) electrons. The van der Waals surface area contributed by atoms with Gasteiger partial charge in [-0.25, -0.2) is 0 Å². The van der Waals surface area contributed by atoms with Gasteiger partial charge in [0, 0.05) is 19.7 Å². The quantitative estimate of drug-likeness (QED) is 0.419. The Balaban J connectivity index is 2.08. The van der Waals surface area contributed by atoms with E-state index in [9.17, 15) is 13.6 Å². The smallest absolute Gasteiger partial charge is 0.387 e. The van der Waals surface area contributed by atoms with Crippen LogP contribution in [0.25, 0.3) is 6.08 Å². The highest BCUT2D eigenvalue weighted by Gasteiger charge is 2.13. The zero-order valence-electron chi connectivity index (χ0n) is 18.8. The first-order chi connectivity index (χ1) is 15.4. The Morgan fingerprint density at radius 1 is 0.906 bits per heavy atom. The number of amides is 1. The Hall–Kier alpha value is -3.29. The van der Waals surface area contributed by atoms with Crippen molar-refractivity contribution in [1.82, 2.24) is 4.90 Å². The van der Waals surface area contributed by atoms with E-state index < -0.39 is 6.61 Å². The van der Waals surface area contributed by atoms with Crippen LogP contribution in [0.5, 0.6) is 23.0 Å². The number of benzene rings is 2. The SMILES string of the molecule is CCOc1ccc(/C=C/C(=O)N(C)Cc2ccc(OC(F)F)c(OCC)c2)cc1OCC. The lowest BCUT2D eigenvalue weighted by molar-refractivity contribution is -0.125. The summed E-state index contributed by atoms with van der Waals surface area (Å²) in [6, 6.07) is 10.1. The molecule has 6 nitrogen and oxygen atoms in total. The molecule has 2 aromatic rings. The highest BCUT2D eigenvalue weighted by molar-refractivity contribution is 5.91. The number of likely N-dealkylation sites (N-methyl/N-ethyl adjacent to an activating group) is 1. The van der Waals surface area contributed by atoms with Crippen LogP contribution in [0.15, 0.2) is 42.5 Å². The normalized spacial score (nSPS) is 11.0. The van der Waals surface area contributed by atoms with Gasteiger partial charge in [0.25, 0.3) is 0 Å². The third-order valence-corrected chi connectivity index (χ3v) is 4.31. The fourth-order valence-electron chi connectivity index (χ4n) is 2.93. The van der Waals surface area contributed by atoms with Crippen molar-refractivity contribution in [1.29, 1.82) is 0 Å². The molecule has 0 unspecified atom stereocenters. The maximum Gasteiger partial charge on any atom is 0.387 e. The Morgan fingerprint density at radius 2 is 1.50 bits per heavy atom. The molecule has 0 aliphatic carbocycles. The molecule has 2 rings (SSSR count). The monoisotopic (exact) mass is 449 g/mol. The van der Waals surface area contributed by atoms with Gasteiger partial charge in [0.2, 0.25) is 5.91 Å². The maximum atomic E-state index is 12.6. The summed E-state index contributed by atoms with van der Waals surface area (Å²) in [5.41, 5.74) is 1.52. The van der Waals surface area contributed by atoms with Crippen molar-refractivity contribution in [2.75, 3.05) is 26.9 Å². The molecule has 8 heteroatoms. The molecular weight excluding hydrogens is 420 g/mol. The summed E-state index contributed by atoms with van der Waals surface area (Å²) in [5.74, 6) is 1.22. The van der Waals surface area contributed by atoms with E-state index in [0.717, 1.165) is 11.1 Å². The van der Waals surface area contributed by atoms with Crippen molar-refractivity contribution < 1.29 is 32.5 Å². The Bertz CT molecular complexity index is 917. The average Bonchev–Trinajstić information content (AvgIpc) is 2.75. The van der Waals surface area contributed by atoms with Gasteiger partial charge in [0.15, 0.2) is 23.0 Å². The van der Waals surface area contributed by atoms with Crippen LogP contribution in [0.4, 0.5) is 8.78 Å². The molecule has 2 aromatic carbocycles. The van der Waals surface area contributed by atoms with E-state index in [1.807, 2.05) is 26.0 Å². The van der Waals surface area contributed by atoms with Crippen molar-refractivity contribution in [2.24, 2.45) is 0 Å². The van der Waals surface area contributed by atoms with Crippen LogP contribution < -0.4 is 18.9 Å². The van der Waals surface area contributed by atoms with Crippen LogP contribution in [0.1, 0.15) is 31.9 Å². The number of nitrogens with zero attached hydrogens (tertiary/aromatic N) is 1. The summed E-state index contributed by atoms with van der Waals surface area (Å²) < 4.78 is 46.1. The minimum absolute atomic E-state index is 0.0416. The predicted octanol–water partition coefficient (Wildman–Crippen LogP) is 5.16. The number of ether oxygens (including phenoxy) is 4. The van der Waals surface area contributed by atoms with Crippen LogP contribution in [-0.4, -0.2) is 44.3 Å². The second-order valence-electron chi connectivity index (χ2n) is 6.69. The van der Waals surface area contributed by atoms with Gasteiger partial charge in [-0.3, -0.25) is 4.79 Å². The molecule has 0 aliphatic rings. The van der Waals surface area contributed by atoms with Crippen LogP contribution in [-0.2, 0) is 11.3 Å². The summed E-state index contributed by atoms with van der Waals surface area (Å²) in [6.45, 7) is 4.18. The van der Waals surface area contributed by atoms with Gasteiger partial charge in [0.1, 0.15) is 0 Å². The molecule has 174 valence electrons. The molecule has 0 bridgehead atoms. The van der Waals surface area contributed by atoms with Crippen molar-refractivity contribution in [3.8, 4) is 23.0 Å². The first-order valence-electron chi connectivity index (χ1n) is 10.4. The lowest BCUT2D eigenvalue weighted by Gasteiger charge is -2.17. The molecule has 0 aliphatic heterocycles. The number of carbonyl (C=O) groups is 1. The Kier molecular flexibility index (Phi) is 9.78. The van der Waals surface area contributed by atoms with E-state index >= 15 is 0 Å². The molecule has 0 N–H and O–H groups in total. The van der Waals surface area contributed by atoms with Gasteiger partial charge in [-0.1, -0.05) is 12.1 Å². The zero-order chi connectivity index (χ0) is 23.5. The number of halogens is 2. The Labute approximate surface area is 187 Å². The predicted molar refractivity (Wildman–Crippen MR) is 119 cm³/mol. The molecule has 0 spiro atoms. The fourth-order valence-corrected chi connectivity index (χ4v) is 2.93. The van der Waals surface area contributed by atoms with E-state index in [4.69, 9.17) is 14.2 Å². The lowest BCUT2D eigenvalue weighted by atomic mass is 10.1. The van der Waals surface area contributed by atoms with Crippen LogP contribution in [0.2, 0.25) is 0 Å². The lowest BCUT2D eigenvalue weighted by Crippen LogP contribution is -2.24. The summed E-state index contributed by atoms with van der Waals surface area (Å²) >= 11 is 0. The minimum Gasteiger partial charge on any atom is -0.490 e. The van der Waals surface area contributed by atoms with E-state index in [2.05, 4.69) is 4.74 Å².